The lowest BCUT2D eigenvalue weighted by Crippen LogP contribution is -2.49. The van der Waals surface area contributed by atoms with Gasteiger partial charge in [0.15, 0.2) is 5.65 Å². The monoisotopic (exact) mass is 390 g/mol. The fraction of sp³-hybridized carbons (Fsp3) is 0.389. The van der Waals surface area contributed by atoms with Crippen LogP contribution in [0.4, 0.5) is 5.95 Å². The molecule has 6 nitrogen and oxygen atoms in total. The normalized spacial score (nSPS) is 17.0. The predicted octanol–water partition coefficient (Wildman–Crippen LogP) is 3.72. The molecule has 0 amide bonds. The molecule has 1 saturated heterocycles. The summed E-state index contributed by atoms with van der Waals surface area (Å²) in [7, 11) is 0. The van der Waals surface area contributed by atoms with E-state index < -0.39 is 0 Å². The quantitative estimate of drug-likeness (QED) is 0.721. The van der Waals surface area contributed by atoms with E-state index in [1.54, 1.807) is 16.9 Å². The van der Waals surface area contributed by atoms with Crippen LogP contribution in [-0.4, -0.2) is 38.2 Å². The summed E-state index contributed by atoms with van der Waals surface area (Å²) in [6.45, 7) is 5.73. The first-order valence-corrected chi connectivity index (χ1v) is 9.31. The first-order valence-electron chi connectivity index (χ1n) is 8.56. The molecule has 3 aromatic rings. The molecule has 136 valence electrons. The number of hydrogen-bond donors (Lipinski definition) is 1. The largest absolute Gasteiger partial charge is 0.341 e. The molecule has 1 aromatic carbocycles. The van der Waals surface area contributed by atoms with Crippen LogP contribution in [0.2, 0.25) is 10.0 Å². The maximum absolute atomic E-state index is 6.45. The van der Waals surface area contributed by atoms with Gasteiger partial charge >= 0.3 is 0 Å². The third-order valence-electron chi connectivity index (χ3n) is 5.00. The second-order valence-electron chi connectivity index (χ2n) is 7.11. The van der Waals surface area contributed by atoms with Gasteiger partial charge in [0.05, 0.1) is 15.7 Å². The molecule has 0 aliphatic carbocycles. The Morgan fingerprint density at radius 3 is 2.65 bits per heavy atom. The summed E-state index contributed by atoms with van der Waals surface area (Å²) < 4.78 is 1.78. The SMILES string of the molecule is Cc1nc(N2CCC(C)(N)CC2)n2ncnc2c1-c1cccc(Cl)c1Cl. The van der Waals surface area contributed by atoms with E-state index in [4.69, 9.17) is 33.9 Å². The second-order valence-corrected chi connectivity index (χ2v) is 7.90. The van der Waals surface area contributed by atoms with Crippen LogP contribution in [0.25, 0.3) is 16.8 Å². The molecule has 4 rings (SSSR count). The van der Waals surface area contributed by atoms with Gasteiger partial charge < -0.3 is 10.6 Å². The number of nitrogens with two attached hydrogens (primary N) is 1. The maximum atomic E-state index is 6.45. The summed E-state index contributed by atoms with van der Waals surface area (Å²) in [5.41, 5.74) is 9.35. The van der Waals surface area contributed by atoms with E-state index in [0.29, 0.717) is 10.0 Å². The molecular formula is C18H20Cl2N6. The van der Waals surface area contributed by atoms with Crippen LogP contribution in [-0.2, 0) is 0 Å². The number of halogens is 2. The minimum absolute atomic E-state index is 0.124. The van der Waals surface area contributed by atoms with Crippen LogP contribution in [0.15, 0.2) is 24.5 Å². The van der Waals surface area contributed by atoms with Gasteiger partial charge in [-0.05, 0) is 32.8 Å². The molecule has 0 saturated carbocycles. The zero-order chi connectivity index (χ0) is 18.5. The Bertz CT molecular complexity index is 971. The number of fused-ring (bicyclic) bond motifs is 1. The van der Waals surface area contributed by atoms with Gasteiger partial charge in [0.2, 0.25) is 5.95 Å². The van der Waals surface area contributed by atoms with Crippen molar-refractivity contribution in [2.45, 2.75) is 32.2 Å². The van der Waals surface area contributed by atoms with E-state index in [2.05, 4.69) is 21.9 Å². The molecule has 2 N–H and O–H groups in total. The zero-order valence-corrected chi connectivity index (χ0v) is 16.2. The number of aryl methyl sites for hydroxylation is 1. The van der Waals surface area contributed by atoms with Crippen molar-refractivity contribution in [1.82, 2.24) is 19.6 Å². The summed E-state index contributed by atoms with van der Waals surface area (Å²) in [5, 5.41) is 5.40. The predicted molar refractivity (Wildman–Crippen MR) is 105 cm³/mol. The topological polar surface area (TPSA) is 72.3 Å². The lowest BCUT2D eigenvalue weighted by atomic mass is 9.91. The third kappa shape index (κ3) is 2.92. The van der Waals surface area contributed by atoms with Gasteiger partial charge in [-0.2, -0.15) is 9.61 Å². The Morgan fingerprint density at radius 1 is 1.19 bits per heavy atom. The lowest BCUT2D eigenvalue weighted by molar-refractivity contribution is 0.361. The van der Waals surface area contributed by atoms with Gasteiger partial charge in [0, 0.05) is 29.8 Å². The average molecular weight is 391 g/mol. The van der Waals surface area contributed by atoms with Crippen molar-refractivity contribution < 1.29 is 0 Å². The van der Waals surface area contributed by atoms with Crippen LogP contribution in [0.5, 0.6) is 0 Å². The number of rotatable bonds is 2. The lowest BCUT2D eigenvalue weighted by Gasteiger charge is -2.37. The molecule has 1 fully saturated rings. The zero-order valence-electron chi connectivity index (χ0n) is 14.7. The van der Waals surface area contributed by atoms with E-state index in [1.807, 2.05) is 19.1 Å². The summed E-state index contributed by atoms with van der Waals surface area (Å²) in [6.07, 6.45) is 3.36. The molecular weight excluding hydrogens is 371 g/mol. The standard InChI is InChI=1S/C18H20Cl2N6/c1-11-14(12-4-3-5-13(19)15(12)20)16-22-10-23-26(16)17(24-11)25-8-6-18(2,21)7-9-25/h3-5,10H,6-9,21H2,1-2H3. The highest BCUT2D eigenvalue weighted by atomic mass is 35.5. The van der Waals surface area contributed by atoms with Crippen LogP contribution in [0.1, 0.15) is 25.5 Å². The van der Waals surface area contributed by atoms with Crippen molar-refractivity contribution in [3.63, 3.8) is 0 Å². The van der Waals surface area contributed by atoms with Gasteiger partial charge in [-0.3, -0.25) is 0 Å². The summed E-state index contributed by atoms with van der Waals surface area (Å²) >= 11 is 12.7. The molecule has 26 heavy (non-hydrogen) atoms. The Labute approximate surface area is 161 Å². The van der Waals surface area contributed by atoms with Gasteiger partial charge in [-0.1, -0.05) is 35.3 Å². The van der Waals surface area contributed by atoms with Gasteiger partial charge in [-0.15, -0.1) is 0 Å². The highest BCUT2D eigenvalue weighted by molar-refractivity contribution is 6.43. The molecule has 3 heterocycles. The highest BCUT2D eigenvalue weighted by Crippen LogP contribution is 2.37. The Hall–Kier alpha value is -1.89. The smallest absolute Gasteiger partial charge is 0.228 e. The molecule has 0 atom stereocenters. The maximum Gasteiger partial charge on any atom is 0.228 e. The molecule has 1 aliphatic heterocycles. The first-order chi connectivity index (χ1) is 12.4. The Balaban J connectivity index is 1.85. The van der Waals surface area contributed by atoms with Crippen LogP contribution < -0.4 is 10.6 Å². The summed E-state index contributed by atoms with van der Waals surface area (Å²) in [6, 6.07) is 5.56. The fourth-order valence-corrected chi connectivity index (χ4v) is 3.80. The van der Waals surface area contributed by atoms with Crippen molar-refractivity contribution in [3.05, 3.63) is 40.3 Å². The van der Waals surface area contributed by atoms with Crippen molar-refractivity contribution >= 4 is 34.8 Å². The van der Waals surface area contributed by atoms with E-state index in [0.717, 1.165) is 54.3 Å². The van der Waals surface area contributed by atoms with Gasteiger partial charge in [0.25, 0.3) is 0 Å². The first kappa shape index (κ1) is 17.5. The van der Waals surface area contributed by atoms with Crippen LogP contribution >= 0.6 is 23.2 Å². The Kier molecular flexibility index (Phi) is 4.29. The minimum atomic E-state index is -0.124. The second kappa shape index (κ2) is 6.37. The molecule has 0 spiro atoms. The minimum Gasteiger partial charge on any atom is -0.341 e. The molecule has 0 bridgehead atoms. The van der Waals surface area contributed by atoms with E-state index >= 15 is 0 Å². The van der Waals surface area contributed by atoms with E-state index in [-0.39, 0.29) is 5.54 Å². The number of anilines is 1. The highest BCUT2D eigenvalue weighted by Gasteiger charge is 2.29. The van der Waals surface area contributed by atoms with Crippen molar-refractivity contribution in [1.29, 1.82) is 0 Å². The van der Waals surface area contributed by atoms with Gasteiger partial charge in [-0.25, -0.2) is 9.97 Å². The third-order valence-corrected chi connectivity index (χ3v) is 5.82. The number of piperidine rings is 1. The van der Waals surface area contributed by atoms with Crippen molar-refractivity contribution in [2.75, 3.05) is 18.0 Å². The van der Waals surface area contributed by atoms with Crippen molar-refractivity contribution in [3.8, 4) is 11.1 Å². The average Bonchev–Trinajstić information content (AvgIpc) is 3.07. The number of hydrogen-bond acceptors (Lipinski definition) is 5. The summed E-state index contributed by atoms with van der Waals surface area (Å²) in [4.78, 5) is 11.5. The fourth-order valence-electron chi connectivity index (χ4n) is 3.41. The molecule has 1 aliphatic rings. The molecule has 2 aromatic heterocycles. The number of aromatic nitrogens is 4. The number of nitrogens with zero attached hydrogens (tertiary/aromatic N) is 5. The van der Waals surface area contributed by atoms with Crippen LogP contribution in [0.3, 0.4) is 0 Å². The summed E-state index contributed by atoms with van der Waals surface area (Å²) in [5.74, 6) is 0.785. The van der Waals surface area contributed by atoms with Crippen molar-refractivity contribution in [2.24, 2.45) is 5.73 Å². The molecule has 8 heteroatoms. The number of benzene rings is 1. The molecule has 0 radical (unpaired) electrons. The molecule has 0 unspecified atom stereocenters. The van der Waals surface area contributed by atoms with E-state index in [1.165, 1.54) is 0 Å². The Morgan fingerprint density at radius 2 is 1.92 bits per heavy atom. The van der Waals surface area contributed by atoms with Gasteiger partial charge in [0.1, 0.15) is 6.33 Å². The van der Waals surface area contributed by atoms with Crippen LogP contribution in [0, 0.1) is 6.92 Å². The van der Waals surface area contributed by atoms with E-state index in [9.17, 15) is 0 Å².